The molecule has 130 valence electrons. The number of thiocarbonyl (C=S) groups is 1. The molecule has 0 radical (unpaired) electrons. The van der Waals surface area contributed by atoms with E-state index in [9.17, 15) is 4.79 Å². The first-order valence-electron chi connectivity index (χ1n) is 6.91. The highest BCUT2D eigenvalue weighted by atomic mass is 79.9. The van der Waals surface area contributed by atoms with Gasteiger partial charge in [-0.1, -0.05) is 12.2 Å². The first-order chi connectivity index (χ1) is 10.7. The number of nitrogens with zero attached hydrogens (tertiary/aromatic N) is 1. The molecule has 1 aliphatic rings. The Kier molecular flexibility index (Phi) is 8.00. The maximum Gasteiger partial charge on any atom is 0.410 e. The maximum absolute atomic E-state index is 11.9. The van der Waals surface area contributed by atoms with Crippen LogP contribution in [-0.2, 0) is 15.1 Å². The second-order valence-electron chi connectivity index (χ2n) is 6.00. The van der Waals surface area contributed by atoms with Crippen LogP contribution in [0.15, 0.2) is 15.2 Å². The summed E-state index contributed by atoms with van der Waals surface area (Å²) in [6, 6.07) is 0. The van der Waals surface area contributed by atoms with Gasteiger partial charge in [-0.3, -0.25) is 0 Å². The number of halogens is 1. The number of ether oxygens (including phenoxy) is 2. The van der Waals surface area contributed by atoms with Crippen LogP contribution in [0.5, 0.6) is 0 Å². The average molecular weight is 440 g/mol. The van der Waals surface area contributed by atoms with Crippen LogP contribution in [0.25, 0.3) is 0 Å². The van der Waals surface area contributed by atoms with E-state index in [2.05, 4.69) is 33.5 Å². The zero-order chi connectivity index (χ0) is 17.7. The van der Waals surface area contributed by atoms with E-state index in [1.807, 2.05) is 32.4 Å². The van der Waals surface area contributed by atoms with E-state index in [-0.39, 0.29) is 6.09 Å². The number of hydrogen-bond donors (Lipinski definition) is 0. The van der Waals surface area contributed by atoms with Gasteiger partial charge in [0.05, 0.1) is 13.1 Å². The predicted octanol–water partition coefficient (Wildman–Crippen LogP) is 4.91. The van der Waals surface area contributed by atoms with Crippen LogP contribution in [0, 0.1) is 0 Å². The highest BCUT2D eigenvalue weighted by Gasteiger charge is 2.49. The molecular weight excluding hydrogens is 418 g/mol. The molecule has 23 heavy (non-hydrogen) atoms. The fourth-order valence-corrected chi connectivity index (χ4v) is 3.79. The van der Waals surface area contributed by atoms with Gasteiger partial charge >= 0.3 is 6.09 Å². The fraction of sp³-hybridized carbons (Fsp3) is 0.600. The Morgan fingerprint density at radius 2 is 2.04 bits per heavy atom. The molecule has 1 aromatic rings. The molecule has 0 spiro atoms. The second-order valence-corrected chi connectivity index (χ2v) is 8.84. The molecule has 0 aliphatic carbocycles. The van der Waals surface area contributed by atoms with Gasteiger partial charge in [0.25, 0.3) is 0 Å². The van der Waals surface area contributed by atoms with Crippen molar-refractivity contribution in [1.29, 1.82) is 0 Å². The Morgan fingerprint density at radius 3 is 2.39 bits per heavy atom. The molecule has 1 amide bonds. The molecule has 1 saturated heterocycles. The fourth-order valence-electron chi connectivity index (χ4n) is 2.04. The molecule has 0 N–H and O–H groups in total. The van der Waals surface area contributed by atoms with Gasteiger partial charge in [0.1, 0.15) is 11.2 Å². The highest BCUT2D eigenvalue weighted by molar-refractivity contribution is 9.10. The summed E-state index contributed by atoms with van der Waals surface area (Å²) in [4.78, 5) is 13.6. The third kappa shape index (κ3) is 5.70. The Morgan fingerprint density at radius 1 is 1.48 bits per heavy atom. The average Bonchev–Trinajstić information content (AvgIpc) is 2.83. The van der Waals surface area contributed by atoms with E-state index >= 15 is 0 Å². The number of thioether (sulfide) groups is 1. The van der Waals surface area contributed by atoms with Gasteiger partial charge in [-0.25, -0.2) is 4.79 Å². The molecule has 0 unspecified atom stereocenters. The smallest absolute Gasteiger partial charge is 0.410 e. The van der Waals surface area contributed by atoms with Crippen molar-refractivity contribution in [3.05, 3.63) is 20.8 Å². The Balaban J connectivity index is 0.000000593. The monoisotopic (exact) mass is 439 g/mol. The van der Waals surface area contributed by atoms with Crippen LogP contribution in [0.1, 0.15) is 26.3 Å². The van der Waals surface area contributed by atoms with E-state index in [0.717, 1.165) is 10.0 Å². The van der Waals surface area contributed by atoms with E-state index < -0.39 is 11.2 Å². The lowest BCUT2D eigenvalue weighted by atomic mass is 9.88. The summed E-state index contributed by atoms with van der Waals surface area (Å²) >= 11 is 11.1. The normalized spacial score (nSPS) is 16.0. The SMILES string of the molecule is COC1(c2cscc2Br)CN(C(=O)OC(C)(C)C)C1.CSC=S. The number of methoxy groups -OCH3 is 1. The minimum absolute atomic E-state index is 0.286. The first kappa shape index (κ1) is 20.9. The molecule has 0 saturated carbocycles. The van der Waals surface area contributed by atoms with Gasteiger partial charge in [-0.2, -0.15) is 11.3 Å². The number of rotatable bonds is 3. The van der Waals surface area contributed by atoms with Gasteiger partial charge < -0.3 is 14.4 Å². The molecule has 1 aliphatic heterocycles. The van der Waals surface area contributed by atoms with Crippen molar-refractivity contribution < 1.29 is 14.3 Å². The van der Waals surface area contributed by atoms with E-state index in [1.165, 1.54) is 0 Å². The molecule has 0 bridgehead atoms. The lowest BCUT2D eigenvalue weighted by molar-refractivity contribution is -0.127. The van der Waals surface area contributed by atoms with Crippen molar-refractivity contribution in [3.8, 4) is 0 Å². The second kappa shape index (κ2) is 8.80. The summed E-state index contributed by atoms with van der Waals surface area (Å²) < 4.78 is 13.6. The Hall–Kier alpha value is -0.150. The summed E-state index contributed by atoms with van der Waals surface area (Å²) in [5, 5.41) is 4.08. The number of likely N-dealkylation sites (tertiary alicyclic amines) is 1. The maximum atomic E-state index is 11.9. The summed E-state index contributed by atoms with van der Waals surface area (Å²) in [6.45, 7) is 6.64. The van der Waals surface area contributed by atoms with Crippen LogP contribution in [-0.4, -0.2) is 47.7 Å². The van der Waals surface area contributed by atoms with Crippen molar-refractivity contribution in [1.82, 2.24) is 4.90 Å². The van der Waals surface area contributed by atoms with Crippen LogP contribution in [0.2, 0.25) is 0 Å². The van der Waals surface area contributed by atoms with E-state index in [0.29, 0.717) is 13.1 Å². The zero-order valence-corrected chi connectivity index (χ0v) is 18.0. The largest absolute Gasteiger partial charge is 0.444 e. The summed E-state index contributed by atoms with van der Waals surface area (Å²) in [7, 11) is 1.68. The summed E-state index contributed by atoms with van der Waals surface area (Å²) in [6.07, 6.45) is 1.65. The molecule has 8 heteroatoms. The van der Waals surface area contributed by atoms with Gasteiger partial charge in [0, 0.05) is 27.2 Å². The van der Waals surface area contributed by atoms with Crippen molar-refractivity contribution in [2.75, 3.05) is 26.5 Å². The van der Waals surface area contributed by atoms with Gasteiger partial charge in [0.2, 0.25) is 0 Å². The predicted molar refractivity (Wildman–Crippen MR) is 106 cm³/mol. The van der Waals surface area contributed by atoms with Crippen LogP contribution < -0.4 is 0 Å². The van der Waals surface area contributed by atoms with Gasteiger partial charge in [-0.15, -0.1) is 11.8 Å². The molecular formula is C15H22BrNO3S3. The van der Waals surface area contributed by atoms with Gasteiger partial charge in [0.15, 0.2) is 0 Å². The van der Waals surface area contributed by atoms with Crippen molar-refractivity contribution in [2.45, 2.75) is 32.0 Å². The van der Waals surface area contributed by atoms with E-state index in [4.69, 9.17) is 9.47 Å². The molecule has 0 atom stereocenters. The Labute approximate surface area is 160 Å². The molecule has 1 fully saturated rings. The highest BCUT2D eigenvalue weighted by Crippen LogP contribution is 2.41. The number of thiophene rings is 1. The quantitative estimate of drug-likeness (QED) is 0.625. The number of hydrogen-bond acceptors (Lipinski definition) is 6. The van der Waals surface area contributed by atoms with Gasteiger partial charge in [-0.05, 0) is 48.3 Å². The minimum Gasteiger partial charge on any atom is -0.444 e. The molecule has 2 rings (SSSR count). The topological polar surface area (TPSA) is 38.8 Å². The third-order valence-corrected chi connectivity index (χ3v) is 5.61. The first-order valence-corrected chi connectivity index (χ1v) is 10.4. The summed E-state index contributed by atoms with van der Waals surface area (Å²) in [5.41, 5.74) is 0.223. The van der Waals surface area contributed by atoms with Crippen molar-refractivity contribution in [3.63, 3.8) is 0 Å². The van der Waals surface area contributed by atoms with E-state index in [1.54, 1.807) is 39.8 Å². The third-order valence-electron chi connectivity index (χ3n) is 3.14. The minimum atomic E-state index is -0.467. The number of carbonyl (C=O) groups is 1. The lowest BCUT2D eigenvalue weighted by Crippen LogP contribution is -2.62. The van der Waals surface area contributed by atoms with Crippen molar-refractivity contribution >= 4 is 62.0 Å². The van der Waals surface area contributed by atoms with Crippen LogP contribution in [0.4, 0.5) is 4.79 Å². The number of amides is 1. The Bertz CT molecular complexity index is 536. The van der Waals surface area contributed by atoms with Crippen molar-refractivity contribution in [2.24, 2.45) is 0 Å². The number of carbonyl (C=O) groups excluding carboxylic acids is 1. The molecule has 2 heterocycles. The zero-order valence-electron chi connectivity index (χ0n) is 13.9. The van der Waals surface area contributed by atoms with Crippen LogP contribution in [0.3, 0.4) is 0 Å². The standard InChI is InChI=1S/C13H18BrNO3S.C2H4S2/c1-12(2,3)18-11(16)15-7-13(8-15,17-4)9-5-19-6-10(9)14;1-4-2-3/h5-6H,7-8H2,1-4H3;2H,1H3. The molecule has 1 aromatic heterocycles. The van der Waals surface area contributed by atoms with Crippen LogP contribution >= 0.6 is 51.2 Å². The summed E-state index contributed by atoms with van der Waals surface area (Å²) in [5.74, 6) is 0. The lowest BCUT2D eigenvalue weighted by Gasteiger charge is -2.48. The molecule has 4 nitrogen and oxygen atoms in total. The molecule has 0 aromatic carbocycles.